The summed E-state index contributed by atoms with van der Waals surface area (Å²) in [6.07, 6.45) is 1.54. The lowest BCUT2D eigenvalue weighted by Crippen LogP contribution is -2.20. The van der Waals surface area contributed by atoms with Gasteiger partial charge in [-0.15, -0.1) is 0 Å². The Kier molecular flexibility index (Phi) is 6.95. The van der Waals surface area contributed by atoms with Gasteiger partial charge >= 0.3 is 0 Å². The molecule has 0 aliphatic heterocycles. The predicted molar refractivity (Wildman–Crippen MR) is 159 cm³/mol. The number of hydrogen-bond acceptors (Lipinski definition) is 6. The maximum absolute atomic E-state index is 13.5. The summed E-state index contributed by atoms with van der Waals surface area (Å²) in [5.41, 5.74) is 2.24. The maximum atomic E-state index is 13.5. The van der Waals surface area contributed by atoms with E-state index in [-0.39, 0.29) is 23.9 Å². The molecule has 0 unspecified atom stereocenters. The van der Waals surface area contributed by atoms with Gasteiger partial charge in [-0.2, -0.15) is 9.78 Å². The molecular weight excluding hydrogens is 572 g/mol. The van der Waals surface area contributed by atoms with Gasteiger partial charge < -0.3 is 14.5 Å². The minimum Gasteiger partial charge on any atom is -0.484 e. The van der Waals surface area contributed by atoms with E-state index in [1.54, 1.807) is 48.5 Å². The van der Waals surface area contributed by atoms with Crippen molar-refractivity contribution < 1.29 is 13.9 Å². The molecule has 196 valence electrons. The van der Waals surface area contributed by atoms with Gasteiger partial charge in [0.15, 0.2) is 12.4 Å². The molecule has 0 fully saturated rings. The van der Waals surface area contributed by atoms with Gasteiger partial charge in [-0.1, -0.05) is 58.4 Å². The number of amides is 1. The monoisotopic (exact) mass is 592 g/mol. The number of anilines is 1. The second kappa shape index (κ2) is 11.0. The Balaban J connectivity index is 1.30. The lowest BCUT2D eigenvalue weighted by molar-refractivity contribution is -0.118. The van der Waals surface area contributed by atoms with E-state index < -0.39 is 0 Å². The number of nitrogens with one attached hydrogen (secondary N) is 1. The Labute approximate surface area is 236 Å². The number of benzene rings is 4. The highest BCUT2D eigenvalue weighted by atomic mass is 79.9. The Morgan fingerprint density at radius 2 is 1.80 bits per heavy atom. The quantitative estimate of drug-likeness (QED) is 0.214. The van der Waals surface area contributed by atoms with Gasteiger partial charge in [0.1, 0.15) is 11.3 Å². The van der Waals surface area contributed by atoms with Crippen molar-refractivity contribution in [3.63, 3.8) is 0 Å². The zero-order chi connectivity index (χ0) is 27.5. The molecule has 0 saturated heterocycles. The van der Waals surface area contributed by atoms with Crippen molar-refractivity contribution in [3.05, 3.63) is 124 Å². The first-order valence-corrected chi connectivity index (χ1v) is 13.2. The van der Waals surface area contributed by atoms with Crippen LogP contribution in [0, 0.1) is 0 Å². The van der Waals surface area contributed by atoms with E-state index in [9.17, 15) is 9.59 Å². The van der Waals surface area contributed by atoms with E-state index in [1.165, 1.54) is 10.9 Å². The van der Waals surface area contributed by atoms with Crippen molar-refractivity contribution in [1.82, 2.24) is 9.66 Å². The molecule has 0 saturated carbocycles. The molecule has 2 aromatic heterocycles. The van der Waals surface area contributed by atoms with Crippen LogP contribution in [0.2, 0.25) is 0 Å². The smallest absolute Gasteiger partial charge is 0.282 e. The number of aromatic nitrogens is 2. The van der Waals surface area contributed by atoms with Crippen molar-refractivity contribution in [2.24, 2.45) is 5.10 Å². The molecule has 0 atom stereocenters. The molecule has 0 radical (unpaired) electrons. The normalized spacial score (nSPS) is 11.3. The van der Waals surface area contributed by atoms with E-state index in [0.717, 1.165) is 9.86 Å². The number of carbonyl (C=O) groups is 1. The van der Waals surface area contributed by atoms with Crippen molar-refractivity contribution in [2.45, 2.75) is 0 Å². The van der Waals surface area contributed by atoms with Crippen molar-refractivity contribution in [2.75, 3.05) is 11.9 Å². The number of nitrogens with zero attached hydrogens (tertiary/aromatic N) is 3. The average Bonchev–Trinajstić information content (AvgIpc) is 3.39. The molecule has 2 heterocycles. The van der Waals surface area contributed by atoms with Gasteiger partial charge in [0, 0.05) is 15.5 Å². The van der Waals surface area contributed by atoms with Gasteiger partial charge in [-0.25, -0.2) is 4.98 Å². The van der Waals surface area contributed by atoms with Crippen LogP contribution in [0.25, 0.3) is 33.5 Å². The molecule has 0 bridgehead atoms. The van der Waals surface area contributed by atoms with E-state index >= 15 is 0 Å². The highest BCUT2D eigenvalue weighted by Gasteiger charge is 2.16. The number of hydrogen-bond donors (Lipinski definition) is 1. The number of fused-ring (bicyclic) bond motifs is 2. The Hall–Kier alpha value is -5.02. The minimum atomic E-state index is -0.330. The lowest BCUT2D eigenvalue weighted by Gasteiger charge is -2.08. The average molecular weight is 593 g/mol. The summed E-state index contributed by atoms with van der Waals surface area (Å²) < 4.78 is 13.9. The zero-order valence-corrected chi connectivity index (χ0v) is 22.5. The van der Waals surface area contributed by atoms with Crippen LogP contribution in [0.1, 0.15) is 5.56 Å². The predicted octanol–water partition coefficient (Wildman–Crippen LogP) is 6.47. The molecule has 6 rings (SSSR count). The van der Waals surface area contributed by atoms with Crippen LogP contribution < -0.4 is 15.6 Å². The summed E-state index contributed by atoms with van der Waals surface area (Å²) in [5, 5.41) is 8.58. The topological polar surface area (TPSA) is 98.7 Å². The number of halogens is 1. The van der Waals surface area contributed by atoms with Gasteiger partial charge in [-0.3, -0.25) is 9.59 Å². The Morgan fingerprint density at radius 3 is 2.67 bits per heavy atom. The number of furan rings is 1. The lowest BCUT2D eigenvalue weighted by atomic mass is 10.2. The van der Waals surface area contributed by atoms with E-state index in [1.807, 2.05) is 54.6 Å². The second-order valence-electron chi connectivity index (χ2n) is 8.88. The van der Waals surface area contributed by atoms with Crippen molar-refractivity contribution >= 4 is 55.6 Å². The standard InChI is InChI=1S/C31H21BrN4O4/c32-22-13-14-27-21(16-22)17-28(40-27)30-35-26-12-5-4-11-25(26)31(38)36(30)33-18-20-7-6-10-24(15-20)39-19-29(37)34-23-8-2-1-3-9-23/h1-18H,19H2,(H,34,37). The summed E-state index contributed by atoms with van der Waals surface area (Å²) >= 11 is 3.48. The third-order valence-corrected chi connectivity index (χ3v) is 6.55. The largest absolute Gasteiger partial charge is 0.484 e. The number of carbonyl (C=O) groups excluding carboxylic acids is 1. The van der Waals surface area contributed by atoms with E-state index in [2.05, 4.69) is 26.3 Å². The Morgan fingerprint density at radius 1 is 0.975 bits per heavy atom. The fourth-order valence-corrected chi connectivity index (χ4v) is 4.57. The molecule has 6 aromatic rings. The first-order valence-electron chi connectivity index (χ1n) is 12.4. The number of ether oxygens (including phenoxy) is 1. The van der Waals surface area contributed by atoms with Crippen molar-refractivity contribution in [3.8, 4) is 17.3 Å². The maximum Gasteiger partial charge on any atom is 0.282 e. The SMILES string of the molecule is O=C(COc1cccc(C=Nn2c(-c3cc4cc(Br)ccc4o3)nc3ccccc3c2=O)c1)Nc1ccccc1. The van der Waals surface area contributed by atoms with Crippen LogP contribution in [0.15, 0.2) is 122 Å². The van der Waals surface area contributed by atoms with E-state index in [4.69, 9.17) is 14.1 Å². The highest BCUT2D eigenvalue weighted by Crippen LogP contribution is 2.29. The fourth-order valence-electron chi connectivity index (χ4n) is 4.19. The third kappa shape index (κ3) is 5.41. The summed E-state index contributed by atoms with van der Waals surface area (Å²) in [4.78, 5) is 30.5. The second-order valence-corrected chi connectivity index (χ2v) is 9.80. The molecule has 0 aliphatic rings. The fraction of sp³-hybridized carbons (Fsp3) is 0.0323. The first-order chi connectivity index (χ1) is 19.5. The third-order valence-electron chi connectivity index (χ3n) is 6.06. The summed E-state index contributed by atoms with van der Waals surface area (Å²) in [5.74, 6) is 0.896. The van der Waals surface area contributed by atoms with Gasteiger partial charge in [0.05, 0.1) is 17.1 Å². The Bertz CT molecular complexity index is 1950. The van der Waals surface area contributed by atoms with Gasteiger partial charge in [0.2, 0.25) is 5.82 Å². The molecule has 0 aliphatic carbocycles. The number of rotatable bonds is 7. The van der Waals surface area contributed by atoms with Crippen LogP contribution >= 0.6 is 15.9 Å². The van der Waals surface area contributed by atoms with Crippen LogP contribution in [-0.4, -0.2) is 28.4 Å². The van der Waals surface area contributed by atoms with Crippen molar-refractivity contribution in [1.29, 1.82) is 0 Å². The van der Waals surface area contributed by atoms with Gasteiger partial charge in [-0.05, 0) is 66.2 Å². The summed E-state index contributed by atoms with van der Waals surface area (Å²) in [6, 6.07) is 30.8. The van der Waals surface area contributed by atoms with Crippen LogP contribution in [0.4, 0.5) is 5.69 Å². The van der Waals surface area contributed by atoms with Crippen LogP contribution in [-0.2, 0) is 4.79 Å². The summed E-state index contributed by atoms with van der Waals surface area (Å²) in [6.45, 7) is -0.157. The molecule has 4 aromatic carbocycles. The highest BCUT2D eigenvalue weighted by molar-refractivity contribution is 9.10. The number of para-hydroxylation sites is 2. The first kappa shape index (κ1) is 25.3. The van der Waals surface area contributed by atoms with Gasteiger partial charge in [0.25, 0.3) is 11.5 Å². The van der Waals surface area contributed by atoms with Crippen LogP contribution in [0.5, 0.6) is 5.75 Å². The summed E-state index contributed by atoms with van der Waals surface area (Å²) in [7, 11) is 0. The molecule has 9 heteroatoms. The van der Waals surface area contributed by atoms with E-state index in [0.29, 0.717) is 39.2 Å². The molecule has 8 nitrogen and oxygen atoms in total. The molecule has 1 amide bonds. The molecule has 40 heavy (non-hydrogen) atoms. The minimum absolute atomic E-state index is 0.157. The molecular formula is C31H21BrN4O4. The molecule has 0 spiro atoms. The van der Waals surface area contributed by atoms with Crippen LogP contribution in [0.3, 0.4) is 0 Å². The zero-order valence-electron chi connectivity index (χ0n) is 21.0. The molecule has 1 N–H and O–H groups in total.